The van der Waals surface area contributed by atoms with Gasteiger partial charge in [-0.15, -0.1) is 0 Å². The van der Waals surface area contributed by atoms with E-state index in [1.54, 1.807) is 53.4 Å². The number of carbonyl (C=O) groups excluding carboxylic acids is 3. The second-order valence-electron chi connectivity index (χ2n) is 6.12. The summed E-state index contributed by atoms with van der Waals surface area (Å²) < 4.78 is 5.30. The molecule has 1 unspecified atom stereocenters. The first kappa shape index (κ1) is 18.1. The molecule has 1 aliphatic heterocycles. The average molecular weight is 372 g/mol. The Morgan fingerprint density at radius 2 is 1.85 bits per heavy atom. The molecule has 1 atom stereocenters. The highest BCUT2D eigenvalue weighted by molar-refractivity contribution is 6.30. The zero-order valence-electron chi connectivity index (χ0n) is 14.3. The highest BCUT2D eigenvalue weighted by Crippen LogP contribution is 2.23. The summed E-state index contributed by atoms with van der Waals surface area (Å²) in [7, 11) is 0. The normalized spacial score (nSPS) is 15.0. The molecule has 1 saturated heterocycles. The summed E-state index contributed by atoms with van der Waals surface area (Å²) in [5, 5.41) is 0.527. The van der Waals surface area contributed by atoms with Crippen LogP contribution in [0.25, 0.3) is 0 Å². The van der Waals surface area contributed by atoms with Crippen LogP contribution >= 0.6 is 11.6 Å². The lowest BCUT2D eigenvalue weighted by Crippen LogP contribution is -2.25. The maximum absolute atomic E-state index is 12.4. The first-order chi connectivity index (χ1) is 12.5. The van der Waals surface area contributed by atoms with Crippen molar-refractivity contribution in [3.63, 3.8) is 0 Å². The van der Waals surface area contributed by atoms with Gasteiger partial charge >= 0.3 is 5.97 Å². The van der Waals surface area contributed by atoms with Gasteiger partial charge in [-0.2, -0.15) is 0 Å². The van der Waals surface area contributed by atoms with Gasteiger partial charge in [-0.3, -0.25) is 9.59 Å². The fourth-order valence-corrected chi connectivity index (χ4v) is 2.98. The van der Waals surface area contributed by atoms with Crippen molar-refractivity contribution in [1.29, 1.82) is 0 Å². The molecule has 5 nitrogen and oxygen atoms in total. The summed E-state index contributed by atoms with van der Waals surface area (Å²) in [6.45, 7) is 2.17. The van der Waals surface area contributed by atoms with Gasteiger partial charge in [-0.1, -0.05) is 17.7 Å². The Morgan fingerprint density at radius 3 is 2.50 bits per heavy atom. The molecule has 2 aromatic rings. The van der Waals surface area contributed by atoms with Crippen molar-refractivity contribution in [2.24, 2.45) is 0 Å². The highest BCUT2D eigenvalue weighted by Gasteiger charge is 2.24. The number of hydrogen-bond donors (Lipinski definition) is 0. The standard InChI is InChI=1S/C20H18ClNO4/c1-13(19(24)14-7-9-16(21)10-8-14)26-20(25)15-4-2-5-17(12-15)22-11-3-6-18(22)23/h2,4-5,7-10,12-13H,3,6,11H2,1H3. The van der Waals surface area contributed by atoms with Gasteiger partial charge in [0.05, 0.1) is 5.56 Å². The van der Waals surface area contributed by atoms with Gasteiger partial charge in [0, 0.05) is 29.2 Å². The van der Waals surface area contributed by atoms with Crippen molar-refractivity contribution in [1.82, 2.24) is 0 Å². The molecule has 0 aliphatic carbocycles. The number of ketones is 1. The predicted octanol–water partition coefficient (Wildman–Crippen LogP) is 3.90. The van der Waals surface area contributed by atoms with Gasteiger partial charge in [-0.25, -0.2) is 4.79 Å². The van der Waals surface area contributed by atoms with E-state index in [2.05, 4.69) is 0 Å². The van der Waals surface area contributed by atoms with E-state index in [0.717, 1.165) is 6.42 Å². The fraction of sp³-hybridized carbons (Fsp3) is 0.250. The second-order valence-corrected chi connectivity index (χ2v) is 6.55. The third kappa shape index (κ3) is 3.94. The Bertz CT molecular complexity index is 847. The summed E-state index contributed by atoms with van der Waals surface area (Å²) in [6.07, 6.45) is 0.391. The van der Waals surface area contributed by atoms with Crippen LogP contribution in [0.15, 0.2) is 48.5 Å². The molecule has 1 aliphatic rings. The number of esters is 1. The minimum Gasteiger partial charge on any atom is -0.451 e. The number of Topliss-reactive ketones (excluding diaryl/α,β-unsaturated/α-hetero) is 1. The molecule has 0 saturated carbocycles. The van der Waals surface area contributed by atoms with Gasteiger partial charge in [0.1, 0.15) is 0 Å². The number of anilines is 1. The van der Waals surface area contributed by atoms with Gasteiger partial charge in [0.2, 0.25) is 11.7 Å². The molecule has 0 spiro atoms. The van der Waals surface area contributed by atoms with E-state index in [0.29, 0.717) is 34.8 Å². The Kier molecular flexibility index (Phi) is 5.38. The van der Waals surface area contributed by atoms with Crippen LogP contribution in [0.5, 0.6) is 0 Å². The number of carbonyl (C=O) groups is 3. The minimum absolute atomic E-state index is 0.0433. The molecule has 0 N–H and O–H groups in total. The summed E-state index contributed by atoms with van der Waals surface area (Å²) in [5.41, 5.74) is 1.39. The minimum atomic E-state index is -0.930. The maximum Gasteiger partial charge on any atom is 0.338 e. The van der Waals surface area contributed by atoms with Crippen LogP contribution in [0.2, 0.25) is 5.02 Å². The molecule has 1 heterocycles. The lowest BCUT2D eigenvalue weighted by Gasteiger charge is -2.17. The number of ether oxygens (including phenoxy) is 1. The molecule has 1 fully saturated rings. The Hall–Kier alpha value is -2.66. The summed E-state index contributed by atoms with van der Waals surface area (Å²) in [6, 6.07) is 13.1. The van der Waals surface area contributed by atoms with E-state index in [9.17, 15) is 14.4 Å². The predicted molar refractivity (Wildman–Crippen MR) is 98.7 cm³/mol. The molecule has 134 valence electrons. The Morgan fingerprint density at radius 1 is 1.12 bits per heavy atom. The van der Waals surface area contributed by atoms with Crippen LogP contribution in [0.3, 0.4) is 0 Å². The van der Waals surface area contributed by atoms with E-state index < -0.39 is 12.1 Å². The quantitative estimate of drug-likeness (QED) is 0.590. The topological polar surface area (TPSA) is 63.7 Å². The first-order valence-electron chi connectivity index (χ1n) is 8.37. The third-order valence-corrected chi connectivity index (χ3v) is 4.50. The average Bonchev–Trinajstić information content (AvgIpc) is 3.07. The van der Waals surface area contributed by atoms with Crippen LogP contribution in [-0.2, 0) is 9.53 Å². The number of rotatable bonds is 5. The van der Waals surface area contributed by atoms with Crippen molar-refractivity contribution >= 4 is 34.9 Å². The maximum atomic E-state index is 12.4. The zero-order chi connectivity index (χ0) is 18.7. The van der Waals surface area contributed by atoms with Crippen molar-refractivity contribution in [3.05, 3.63) is 64.7 Å². The summed E-state index contributed by atoms with van der Waals surface area (Å²) in [4.78, 5) is 38.3. The van der Waals surface area contributed by atoms with E-state index in [1.807, 2.05) is 0 Å². The van der Waals surface area contributed by atoms with Gasteiger partial charge in [0.25, 0.3) is 0 Å². The molecule has 0 radical (unpaired) electrons. The lowest BCUT2D eigenvalue weighted by molar-refractivity contribution is -0.117. The van der Waals surface area contributed by atoms with Gasteiger partial charge < -0.3 is 9.64 Å². The molecule has 6 heteroatoms. The number of hydrogen-bond acceptors (Lipinski definition) is 4. The van der Waals surface area contributed by atoms with E-state index in [1.165, 1.54) is 6.92 Å². The van der Waals surface area contributed by atoms with Crippen LogP contribution in [0.4, 0.5) is 5.69 Å². The monoisotopic (exact) mass is 371 g/mol. The Balaban J connectivity index is 1.70. The first-order valence-corrected chi connectivity index (χ1v) is 8.74. The number of halogens is 1. The Labute approximate surface area is 156 Å². The summed E-state index contributed by atoms with van der Waals surface area (Å²) >= 11 is 5.81. The third-order valence-electron chi connectivity index (χ3n) is 4.25. The molecule has 0 aromatic heterocycles. The molecular formula is C20H18ClNO4. The SMILES string of the molecule is CC(OC(=O)c1cccc(N2CCCC2=O)c1)C(=O)c1ccc(Cl)cc1. The largest absolute Gasteiger partial charge is 0.451 e. The lowest BCUT2D eigenvalue weighted by atomic mass is 10.1. The smallest absolute Gasteiger partial charge is 0.338 e. The number of nitrogens with zero attached hydrogens (tertiary/aromatic N) is 1. The van der Waals surface area contributed by atoms with Gasteiger partial charge in [-0.05, 0) is 55.8 Å². The number of benzene rings is 2. The molecule has 2 aromatic carbocycles. The van der Waals surface area contributed by atoms with Crippen LogP contribution in [0, 0.1) is 0 Å². The van der Waals surface area contributed by atoms with Crippen molar-refractivity contribution in [3.8, 4) is 0 Å². The highest BCUT2D eigenvalue weighted by atomic mass is 35.5. The van der Waals surface area contributed by atoms with Crippen molar-refractivity contribution in [2.75, 3.05) is 11.4 Å². The fourth-order valence-electron chi connectivity index (χ4n) is 2.85. The number of amides is 1. The molecule has 3 rings (SSSR count). The summed E-state index contributed by atoms with van der Waals surface area (Å²) in [5.74, 6) is -0.865. The van der Waals surface area contributed by atoms with Gasteiger partial charge in [0.15, 0.2) is 6.10 Å². The molecule has 0 bridgehead atoms. The van der Waals surface area contributed by atoms with Crippen LogP contribution in [0.1, 0.15) is 40.5 Å². The van der Waals surface area contributed by atoms with E-state index in [4.69, 9.17) is 16.3 Å². The van der Waals surface area contributed by atoms with Crippen molar-refractivity contribution < 1.29 is 19.1 Å². The van der Waals surface area contributed by atoms with Crippen molar-refractivity contribution in [2.45, 2.75) is 25.9 Å². The second kappa shape index (κ2) is 7.70. The van der Waals surface area contributed by atoms with E-state index >= 15 is 0 Å². The molecule has 1 amide bonds. The van der Waals surface area contributed by atoms with Crippen LogP contribution in [-0.4, -0.2) is 30.3 Å². The molecular weight excluding hydrogens is 354 g/mol. The van der Waals surface area contributed by atoms with E-state index in [-0.39, 0.29) is 11.7 Å². The molecule has 26 heavy (non-hydrogen) atoms. The zero-order valence-corrected chi connectivity index (χ0v) is 15.0. The van der Waals surface area contributed by atoms with Crippen LogP contribution < -0.4 is 4.90 Å².